The molecule has 0 saturated heterocycles. The Labute approximate surface area is 101 Å². The van der Waals surface area contributed by atoms with E-state index in [0.717, 1.165) is 16.7 Å². The Morgan fingerprint density at radius 3 is 2.82 bits per heavy atom. The summed E-state index contributed by atoms with van der Waals surface area (Å²) in [5.74, 6) is 1.11. The molecule has 0 radical (unpaired) electrons. The second-order valence-corrected chi connectivity index (χ2v) is 4.06. The first-order chi connectivity index (χ1) is 8.16. The van der Waals surface area contributed by atoms with E-state index in [0.29, 0.717) is 13.0 Å². The summed E-state index contributed by atoms with van der Waals surface area (Å²) in [7, 11) is 1.96. The van der Waals surface area contributed by atoms with Gasteiger partial charge in [-0.25, -0.2) is 4.98 Å². The second-order valence-electron chi connectivity index (χ2n) is 4.06. The summed E-state index contributed by atoms with van der Waals surface area (Å²) in [6, 6.07) is 12.1. The molecule has 4 heteroatoms. The van der Waals surface area contributed by atoms with Crippen LogP contribution in [0.15, 0.2) is 36.4 Å². The predicted molar refractivity (Wildman–Crippen MR) is 71.5 cm³/mol. The van der Waals surface area contributed by atoms with E-state index in [1.54, 1.807) is 0 Å². The Kier molecular flexibility index (Phi) is 3.23. The van der Waals surface area contributed by atoms with Gasteiger partial charge in [0.1, 0.15) is 5.82 Å². The number of pyridine rings is 1. The molecule has 17 heavy (non-hydrogen) atoms. The first-order valence-electron chi connectivity index (χ1n) is 5.56. The van der Waals surface area contributed by atoms with Crippen molar-refractivity contribution < 1.29 is 0 Å². The number of benzene rings is 1. The van der Waals surface area contributed by atoms with Gasteiger partial charge >= 0.3 is 0 Å². The lowest BCUT2D eigenvalue weighted by Gasteiger charge is -2.18. The number of hydrogen-bond acceptors (Lipinski definition) is 3. The third-order valence-corrected chi connectivity index (χ3v) is 2.69. The fourth-order valence-corrected chi connectivity index (χ4v) is 1.67. The van der Waals surface area contributed by atoms with Gasteiger partial charge in [-0.3, -0.25) is 5.41 Å². The first-order valence-corrected chi connectivity index (χ1v) is 5.56. The van der Waals surface area contributed by atoms with Crippen LogP contribution in [0.4, 0.5) is 5.82 Å². The second kappa shape index (κ2) is 4.82. The third kappa shape index (κ3) is 2.72. The highest BCUT2D eigenvalue weighted by Crippen LogP contribution is 2.16. The van der Waals surface area contributed by atoms with Crippen molar-refractivity contribution in [3.8, 4) is 0 Å². The van der Waals surface area contributed by atoms with Crippen LogP contribution in [0, 0.1) is 5.41 Å². The van der Waals surface area contributed by atoms with Gasteiger partial charge in [-0.15, -0.1) is 0 Å². The molecular formula is C13H16N4. The summed E-state index contributed by atoms with van der Waals surface area (Å²) in [6.07, 6.45) is 0.561. The molecule has 0 aliphatic rings. The standard InChI is InChI=1S/C13H16N4/c1-17(9-8-12(14)15)13-7-6-10-4-2-3-5-11(10)16-13/h2-7H,8-9H2,1H3,(H3,14,15). The van der Waals surface area contributed by atoms with Crippen molar-refractivity contribution in [2.45, 2.75) is 6.42 Å². The maximum atomic E-state index is 7.21. The number of fused-ring (bicyclic) bond motifs is 1. The lowest BCUT2D eigenvalue weighted by atomic mass is 10.2. The molecule has 2 aromatic rings. The molecule has 2 rings (SSSR count). The fourth-order valence-electron chi connectivity index (χ4n) is 1.67. The minimum atomic E-state index is 0.206. The molecule has 0 bridgehead atoms. The molecule has 1 aromatic heterocycles. The van der Waals surface area contributed by atoms with Gasteiger partial charge < -0.3 is 10.6 Å². The predicted octanol–water partition coefficient (Wildman–Crippen LogP) is 2.00. The van der Waals surface area contributed by atoms with Gasteiger partial charge in [-0.05, 0) is 18.2 Å². The van der Waals surface area contributed by atoms with Crippen LogP contribution < -0.4 is 10.6 Å². The minimum Gasteiger partial charge on any atom is -0.388 e. The number of para-hydroxylation sites is 1. The number of amidine groups is 1. The first kappa shape index (κ1) is 11.4. The zero-order valence-corrected chi connectivity index (χ0v) is 9.85. The number of rotatable bonds is 4. The van der Waals surface area contributed by atoms with Crippen LogP contribution in [0.25, 0.3) is 10.9 Å². The molecule has 0 unspecified atom stereocenters. The number of nitrogens with two attached hydrogens (primary N) is 1. The molecule has 0 aliphatic heterocycles. The summed E-state index contributed by atoms with van der Waals surface area (Å²) in [4.78, 5) is 6.58. The van der Waals surface area contributed by atoms with E-state index in [2.05, 4.69) is 11.1 Å². The molecule has 0 fully saturated rings. The van der Waals surface area contributed by atoms with Crippen LogP contribution in [0.3, 0.4) is 0 Å². The van der Waals surface area contributed by atoms with Gasteiger partial charge in [-0.1, -0.05) is 18.2 Å². The summed E-state index contributed by atoms with van der Waals surface area (Å²) >= 11 is 0. The lowest BCUT2D eigenvalue weighted by Crippen LogP contribution is -2.24. The highest BCUT2D eigenvalue weighted by molar-refractivity contribution is 5.80. The summed E-state index contributed by atoms with van der Waals surface area (Å²) in [5.41, 5.74) is 6.33. The van der Waals surface area contributed by atoms with Crippen LogP contribution in [-0.2, 0) is 0 Å². The number of nitrogens with zero attached hydrogens (tertiary/aromatic N) is 2. The molecule has 0 atom stereocenters. The van der Waals surface area contributed by atoms with Crippen molar-refractivity contribution in [2.24, 2.45) is 5.73 Å². The molecular weight excluding hydrogens is 212 g/mol. The van der Waals surface area contributed by atoms with E-state index in [1.807, 2.05) is 42.3 Å². The third-order valence-electron chi connectivity index (χ3n) is 2.69. The number of anilines is 1. The van der Waals surface area contributed by atoms with Crippen LogP contribution in [-0.4, -0.2) is 24.4 Å². The molecule has 3 N–H and O–H groups in total. The Balaban J connectivity index is 2.20. The van der Waals surface area contributed by atoms with Gasteiger partial charge in [-0.2, -0.15) is 0 Å². The molecule has 1 heterocycles. The average molecular weight is 228 g/mol. The van der Waals surface area contributed by atoms with Crippen molar-refractivity contribution in [2.75, 3.05) is 18.5 Å². The van der Waals surface area contributed by atoms with Crippen LogP contribution in [0.1, 0.15) is 6.42 Å². The molecule has 0 saturated carbocycles. The Morgan fingerprint density at radius 1 is 1.29 bits per heavy atom. The van der Waals surface area contributed by atoms with Gasteiger partial charge in [0, 0.05) is 25.4 Å². The number of aromatic nitrogens is 1. The molecule has 0 aliphatic carbocycles. The van der Waals surface area contributed by atoms with Crippen molar-refractivity contribution in [1.82, 2.24) is 4.98 Å². The molecule has 88 valence electrons. The van der Waals surface area contributed by atoms with Crippen molar-refractivity contribution in [3.63, 3.8) is 0 Å². The Bertz CT molecular complexity index is 536. The van der Waals surface area contributed by atoms with Gasteiger partial charge in [0.2, 0.25) is 0 Å². The average Bonchev–Trinajstić information content (AvgIpc) is 2.35. The van der Waals surface area contributed by atoms with Crippen molar-refractivity contribution in [1.29, 1.82) is 5.41 Å². The monoisotopic (exact) mass is 228 g/mol. The smallest absolute Gasteiger partial charge is 0.128 e. The SMILES string of the molecule is CN(CCC(=N)N)c1ccc2ccccc2n1. The van der Waals surface area contributed by atoms with Crippen LogP contribution >= 0.6 is 0 Å². The zero-order valence-electron chi connectivity index (χ0n) is 9.85. The quantitative estimate of drug-likeness (QED) is 0.621. The Morgan fingerprint density at radius 2 is 2.06 bits per heavy atom. The fraction of sp³-hybridized carbons (Fsp3) is 0.231. The normalized spacial score (nSPS) is 10.4. The van der Waals surface area contributed by atoms with E-state index in [1.165, 1.54) is 0 Å². The largest absolute Gasteiger partial charge is 0.388 e. The van der Waals surface area contributed by atoms with E-state index in [-0.39, 0.29) is 5.84 Å². The van der Waals surface area contributed by atoms with Gasteiger partial charge in [0.15, 0.2) is 0 Å². The number of hydrogen-bond donors (Lipinski definition) is 2. The zero-order chi connectivity index (χ0) is 12.3. The Hall–Kier alpha value is -2.10. The van der Waals surface area contributed by atoms with Crippen LogP contribution in [0.2, 0.25) is 0 Å². The molecule has 4 nitrogen and oxygen atoms in total. The van der Waals surface area contributed by atoms with Gasteiger partial charge in [0.05, 0.1) is 11.4 Å². The lowest BCUT2D eigenvalue weighted by molar-refractivity contribution is 0.894. The van der Waals surface area contributed by atoms with E-state index >= 15 is 0 Å². The minimum absolute atomic E-state index is 0.206. The maximum absolute atomic E-state index is 7.21. The summed E-state index contributed by atoms with van der Waals surface area (Å²) < 4.78 is 0. The van der Waals surface area contributed by atoms with E-state index in [9.17, 15) is 0 Å². The topological polar surface area (TPSA) is 66.0 Å². The van der Waals surface area contributed by atoms with Crippen molar-refractivity contribution >= 4 is 22.6 Å². The summed E-state index contributed by atoms with van der Waals surface area (Å²) in [6.45, 7) is 0.709. The van der Waals surface area contributed by atoms with E-state index in [4.69, 9.17) is 11.1 Å². The van der Waals surface area contributed by atoms with Gasteiger partial charge in [0.25, 0.3) is 0 Å². The maximum Gasteiger partial charge on any atom is 0.128 e. The highest BCUT2D eigenvalue weighted by Gasteiger charge is 2.03. The van der Waals surface area contributed by atoms with E-state index < -0.39 is 0 Å². The highest BCUT2D eigenvalue weighted by atomic mass is 15.2. The molecule has 1 aromatic carbocycles. The van der Waals surface area contributed by atoms with Crippen LogP contribution in [0.5, 0.6) is 0 Å². The molecule has 0 amide bonds. The number of nitrogens with one attached hydrogen (secondary N) is 1. The van der Waals surface area contributed by atoms with Crippen molar-refractivity contribution in [3.05, 3.63) is 36.4 Å². The molecule has 0 spiro atoms. The summed E-state index contributed by atoms with van der Waals surface area (Å²) in [5, 5.41) is 8.35.